The van der Waals surface area contributed by atoms with Gasteiger partial charge in [0, 0.05) is 6.42 Å². The molecule has 0 N–H and O–H groups in total. The summed E-state index contributed by atoms with van der Waals surface area (Å²) < 4.78 is 9.72. The molecule has 0 aliphatic heterocycles. The largest absolute Gasteiger partial charge is 0.504 e. The van der Waals surface area contributed by atoms with Crippen molar-refractivity contribution in [2.24, 2.45) is 0 Å². The first-order valence-corrected chi connectivity index (χ1v) is 6.69. The maximum Gasteiger partial charge on any atom is 0.337 e. The Morgan fingerprint density at radius 1 is 1.00 bits per heavy atom. The van der Waals surface area contributed by atoms with Crippen LogP contribution in [0.15, 0.2) is 66.4 Å². The topological polar surface area (TPSA) is 35.5 Å². The van der Waals surface area contributed by atoms with Crippen molar-refractivity contribution in [1.29, 1.82) is 0 Å². The Morgan fingerprint density at radius 2 is 1.71 bits per heavy atom. The van der Waals surface area contributed by atoms with Crippen LogP contribution in [0.5, 0.6) is 0 Å². The van der Waals surface area contributed by atoms with Crippen LogP contribution in [0.3, 0.4) is 0 Å². The third-order valence-electron chi connectivity index (χ3n) is 3.14. The first-order chi connectivity index (χ1) is 10.2. The lowest BCUT2D eigenvalue weighted by atomic mass is 9.99. The van der Waals surface area contributed by atoms with E-state index in [0.717, 1.165) is 16.7 Å². The molecule has 0 fully saturated rings. The Kier molecular flexibility index (Phi) is 5.16. The maximum atomic E-state index is 11.7. The van der Waals surface area contributed by atoms with Crippen molar-refractivity contribution in [1.82, 2.24) is 0 Å². The number of carbonyl (C=O) groups is 1. The molecule has 0 saturated heterocycles. The minimum Gasteiger partial charge on any atom is -0.504 e. The van der Waals surface area contributed by atoms with Crippen LogP contribution in [0.4, 0.5) is 0 Å². The van der Waals surface area contributed by atoms with Crippen LogP contribution in [-0.2, 0) is 20.7 Å². The Hall–Kier alpha value is -2.55. The molecule has 2 aromatic carbocycles. The van der Waals surface area contributed by atoms with Gasteiger partial charge in [-0.15, -0.1) is 0 Å². The van der Waals surface area contributed by atoms with E-state index >= 15 is 0 Å². The summed E-state index contributed by atoms with van der Waals surface area (Å²) in [7, 11) is 2.88. The van der Waals surface area contributed by atoms with Crippen LogP contribution >= 0.6 is 0 Å². The number of methoxy groups -OCH3 is 2. The lowest BCUT2D eigenvalue weighted by molar-refractivity contribution is -0.136. The van der Waals surface area contributed by atoms with Gasteiger partial charge in [0.05, 0.1) is 26.1 Å². The monoisotopic (exact) mass is 282 g/mol. The first kappa shape index (κ1) is 14.9. The zero-order chi connectivity index (χ0) is 15.1. The average molecular weight is 282 g/mol. The number of carbonyl (C=O) groups excluding carboxylic acids is 1. The van der Waals surface area contributed by atoms with E-state index in [1.807, 2.05) is 30.3 Å². The molecular formula is C18H18O3. The maximum absolute atomic E-state index is 11.7. The molecule has 2 aromatic rings. The van der Waals surface area contributed by atoms with E-state index in [4.69, 9.17) is 9.47 Å². The summed E-state index contributed by atoms with van der Waals surface area (Å²) >= 11 is 0. The molecule has 0 unspecified atom stereocenters. The van der Waals surface area contributed by atoms with Crippen LogP contribution in [0.1, 0.15) is 5.56 Å². The Bertz CT molecular complexity index is 630. The third-order valence-corrected chi connectivity index (χ3v) is 3.14. The van der Waals surface area contributed by atoms with Crippen molar-refractivity contribution in [2.75, 3.05) is 14.2 Å². The van der Waals surface area contributed by atoms with Crippen molar-refractivity contribution in [3.63, 3.8) is 0 Å². The molecule has 2 rings (SSSR count). The van der Waals surface area contributed by atoms with Crippen molar-refractivity contribution < 1.29 is 14.3 Å². The van der Waals surface area contributed by atoms with Gasteiger partial charge >= 0.3 is 5.97 Å². The zero-order valence-electron chi connectivity index (χ0n) is 12.2. The second-order valence-electron chi connectivity index (χ2n) is 4.61. The molecule has 3 nitrogen and oxygen atoms in total. The number of hydrogen-bond donors (Lipinski definition) is 0. The summed E-state index contributed by atoms with van der Waals surface area (Å²) in [6.07, 6.45) is 1.90. The highest BCUT2D eigenvalue weighted by molar-refractivity contribution is 5.88. The van der Waals surface area contributed by atoms with Gasteiger partial charge in [-0.25, -0.2) is 4.79 Å². The minimum atomic E-state index is -0.373. The summed E-state index contributed by atoms with van der Waals surface area (Å²) in [5, 5.41) is 0. The van der Waals surface area contributed by atoms with E-state index in [1.165, 1.54) is 20.5 Å². The van der Waals surface area contributed by atoms with Crippen molar-refractivity contribution in [3.8, 4) is 11.1 Å². The molecule has 0 aromatic heterocycles. The Labute approximate surface area is 124 Å². The van der Waals surface area contributed by atoms with Crippen LogP contribution in [0.25, 0.3) is 11.1 Å². The van der Waals surface area contributed by atoms with Gasteiger partial charge in [-0.2, -0.15) is 0 Å². The van der Waals surface area contributed by atoms with Gasteiger partial charge in [-0.3, -0.25) is 0 Å². The standard InChI is InChI=1S/C18H18O3/c1-20-13-17(18(19)21-2)12-14-7-6-10-16(11-14)15-8-4-3-5-9-15/h3-11,13H,12H2,1-2H3/b17-13+. The van der Waals surface area contributed by atoms with Crippen LogP contribution < -0.4 is 0 Å². The molecule has 21 heavy (non-hydrogen) atoms. The predicted octanol–water partition coefficient (Wildman–Crippen LogP) is 3.60. The average Bonchev–Trinajstić information content (AvgIpc) is 2.55. The third kappa shape index (κ3) is 3.96. The van der Waals surface area contributed by atoms with Gasteiger partial charge in [-0.1, -0.05) is 54.6 Å². The van der Waals surface area contributed by atoms with Crippen LogP contribution in [-0.4, -0.2) is 20.2 Å². The molecular weight excluding hydrogens is 264 g/mol. The van der Waals surface area contributed by atoms with E-state index in [-0.39, 0.29) is 5.97 Å². The van der Waals surface area contributed by atoms with Gasteiger partial charge in [0.15, 0.2) is 0 Å². The fraction of sp³-hybridized carbons (Fsp3) is 0.167. The molecule has 0 radical (unpaired) electrons. The van der Waals surface area contributed by atoms with Crippen molar-refractivity contribution in [3.05, 3.63) is 72.0 Å². The highest BCUT2D eigenvalue weighted by Gasteiger charge is 2.11. The smallest absolute Gasteiger partial charge is 0.337 e. The molecule has 0 aliphatic carbocycles. The van der Waals surface area contributed by atoms with E-state index in [2.05, 4.69) is 24.3 Å². The van der Waals surface area contributed by atoms with Gasteiger partial charge in [-0.05, 0) is 16.7 Å². The van der Waals surface area contributed by atoms with Crippen LogP contribution in [0, 0.1) is 0 Å². The number of ether oxygens (including phenoxy) is 2. The van der Waals surface area contributed by atoms with Gasteiger partial charge in [0.1, 0.15) is 0 Å². The van der Waals surface area contributed by atoms with E-state index in [0.29, 0.717) is 12.0 Å². The number of benzene rings is 2. The SMILES string of the molecule is CO/C=C(\Cc1cccc(-c2ccccc2)c1)C(=O)OC. The number of hydrogen-bond acceptors (Lipinski definition) is 3. The van der Waals surface area contributed by atoms with Gasteiger partial charge in [0.2, 0.25) is 0 Å². The molecule has 0 aliphatic rings. The molecule has 0 heterocycles. The number of esters is 1. The molecule has 3 heteroatoms. The fourth-order valence-electron chi connectivity index (χ4n) is 2.15. The first-order valence-electron chi connectivity index (χ1n) is 6.69. The summed E-state index contributed by atoms with van der Waals surface area (Å²) in [6.45, 7) is 0. The van der Waals surface area contributed by atoms with E-state index in [9.17, 15) is 4.79 Å². The molecule has 0 amide bonds. The van der Waals surface area contributed by atoms with Crippen LogP contribution in [0.2, 0.25) is 0 Å². The lowest BCUT2D eigenvalue weighted by Crippen LogP contribution is -2.08. The molecule has 0 saturated carbocycles. The second kappa shape index (κ2) is 7.29. The molecule has 0 atom stereocenters. The summed E-state index contributed by atoms with van der Waals surface area (Å²) in [4.78, 5) is 11.7. The Morgan fingerprint density at radius 3 is 2.38 bits per heavy atom. The van der Waals surface area contributed by atoms with Crippen molar-refractivity contribution in [2.45, 2.75) is 6.42 Å². The second-order valence-corrected chi connectivity index (χ2v) is 4.61. The lowest BCUT2D eigenvalue weighted by Gasteiger charge is -2.08. The predicted molar refractivity (Wildman–Crippen MR) is 82.7 cm³/mol. The van der Waals surface area contributed by atoms with Gasteiger partial charge < -0.3 is 9.47 Å². The summed E-state index contributed by atoms with van der Waals surface area (Å²) in [6, 6.07) is 18.2. The Balaban J connectivity index is 2.25. The highest BCUT2D eigenvalue weighted by atomic mass is 16.5. The molecule has 108 valence electrons. The number of rotatable bonds is 5. The normalized spacial score (nSPS) is 11.0. The zero-order valence-corrected chi connectivity index (χ0v) is 12.2. The van der Waals surface area contributed by atoms with E-state index in [1.54, 1.807) is 0 Å². The van der Waals surface area contributed by atoms with Gasteiger partial charge in [0.25, 0.3) is 0 Å². The summed E-state index contributed by atoms with van der Waals surface area (Å²) in [5.41, 5.74) is 3.79. The summed E-state index contributed by atoms with van der Waals surface area (Å²) in [5.74, 6) is -0.373. The molecule has 0 spiro atoms. The van der Waals surface area contributed by atoms with Crippen molar-refractivity contribution >= 4 is 5.97 Å². The highest BCUT2D eigenvalue weighted by Crippen LogP contribution is 2.21. The van der Waals surface area contributed by atoms with E-state index < -0.39 is 0 Å². The quantitative estimate of drug-likeness (QED) is 0.477. The minimum absolute atomic E-state index is 0.373. The molecule has 0 bridgehead atoms. The fourth-order valence-corrected chi connectivity index (χ4v) is 2.15.